The molecular weight excluding hydrogens is 307 g/mol. The van der Waals surface area contributed by atoms with Gasteiger partial charge < -0.3 is 0 Å². The highest BCUT2D eigenvalue weighted by Crippen LogP contribution is 2.64. The lowest BCUT2D eigenvalue weighted by atomic mass is 10.3. The highest BCUT2D eigenvalue weighted by molar-refractivity contribution is 7.93. The molecule has 0 aliphatic rings. The molecule has 0 atom stereocenters. The van der Waals surface area contributed by atoms with Gasteiger partial charge in [-0.1, -0.05) is 55.5 Å². The third-order valence-electron chi connectivity index (χ3n) is 4.28. The number of hydrogen-bond acceptors (Lipinski definition) is 0. The minimum atomic E-state index is -1.61. The van der Waals surface area contributed by atoms with Gasteiger partial charge >= 0.3 is 0 Å². The first-order chi connectivity index (χ1) is 11.8. The molecule has 2 aromatic carbocycles. The molecule has 124 valence electrons. The van der Waals surface area contributed by atoms with Gasteiger partial charge in [-0.3, -0.25) is 0 Å². The fourth-order valence-electron chi connectivity index (χ4n) is 3.26. The average molecular weight is 335 g/mol. The Balaban J connectivity index is 2.69. The third-order valence-corrected chi connectivity index (χ3v) is 9.05. The molecule has 2 aromatic rings. The van der Waals surface area contributed by atoms with Crippen LogP contribution in [-0.4, -0.2) is 6.16 Å². The van der Waals surface area contributed by atoms with Gasteiger partial charge in [0.2, 0.25) is 0 Å². The molecule has 0 nitrogen and oxygen atoms in total. The van der Waals surface area contributed by atoms with Crippen LogP contribution in [0.1, 0.15) is 26.7 Å². The summed E-state index contributed by atoms with van der Waals surface area (Å²) in [6.45, 7) is 8.30. The zero-order valence-electron chi connectivity index (χ0n) is 14.9. The molecule has 0 radical (unpaired) electrons. The van der Waals surface area contributed by atoms with Crippen LogP contribution in [-0.2, 0) is 0 Å². The van der Waals surface area contributed by atoms with Crippen LogP contribution in [0.15, 0.2) is 96.9 Å². The zero-order valence-corrected chi connectivity index (χ0v) is 15.8. The molecule has 0 aliphatic carbocycles. The first kappa shape index (κ1) is 18.4. The van der Waals surface area contributed by atoms with Crippen LogP contribution in [0.2, 0.25) is 0 Å². The van der Waals surface area contributed by atoms with Crippen molar-refractivity contribution in [1.82, 2.24) is 0 Å². The van der Waals surface area contributed by atoms with E-state index in [0.29, 0.717) is 0 Å². The summed E-state index contributed by atoms with van der Waals surface area (Å²) in [6, 6.07) is 22.1. The Bertz CT molecular complexity index is 641. The number of benzene rings is 2. The summed E-state index contributed by atoms with van der Waals surface area (Å²) < 4.78 is 0. The summed E-state index contributed by atoms with van der Waals surface area (Å²) in [4.78, 5) is 0. The molecule has 0 fully saturated rings. The first-order valence-electron chi connectivity index (χ1n) is 8.73. The molecule has 1 heteroatoms. The second kappa shape index (κ2) is 9.40. The maximum Gasteiger partial charge on any atom is 0.111 e. The smallest absolute Gasteiger partial charge is 0.103 e. The van der Waals surface area contributed by atoms with Crippen LogP contribution in [0.4, 0.5) is 0 Å². The van der Waals surface area contributed by atoms with E-state index in [1.165, 1.54) is 28.5 Å². The van der Waals surface area contributed by atoms with Crippen molar-refractivity contribution in [3.8, 4) is 0 Å². The highest BCUT2D eigenvalue weighted by atomic mass is 31.2. The Morgan fingerprint density at radius 2 is 1.50 bits per heavy atom. The van der Waals surface area contributed by atoms with E-state index in [9.17, 15) is 0 Å². The van der Waals surface area contributed by atoms with Crippen molar-refractivity contribution in [3.63, 3.8) is 0 Å². The van der Waals surface area contributed by atoms with E-state index >= 15 is 0 Å². The van der Waals surface area contributed by atoms with Crippen LogP contribution in [0.25, 0.3) is 0 Å². The fourth-order valence-corrected chi connectivity index (χ4v) is 7.77. The molecule has 0 aliphatic heterocycles. The fraction of sp³-hybridized carbons (Fsp3) is 0.217. The molecule has 0 aromatic heterocycles. The van der Waals surface area contributed by atoms with Gasteiger partial charge in [-0.05, 0) is 56.2 Å². The van der Waals surface area contributed by atoms with Crippen LogP contribution in [0, 0.1) is 0 Å². The Morgan fingerprint density at radius 3 is 1.92 bits per heavy atom. The standard InChI is InChI=1S/C23H28P/c1-4-7-10-15-21(6-3)24(20-5-2,22-16-11-8-12-17-22)23-18-13-9-14-19-23/h4,6,8-19H,1,5,7,20H2,2-3H3/q+1/b15-10-,21-6+. The minimum absolute atomic E-state index is 0.910. The largest absolute Gasteiger partial charge is 0.111 e. The molecule has 0 amide bonds. The van der Waals surface area contributed by atoms with Crippen molar-refractivity contribution in [2.75, 3.05) is 6.16 Å². The van der Waals surface area contributed by atoms with Crippen molar-refractivity contribution in [1.29, 1.82) is 0 Å². The third kappa shape index (κ3) is 3.94. The molecule has 0 saturated carbocycles. The molecule has 2 rings (SSSR count). The second-order valence-corrected chi connectivity index (χ2v) is 9.46. The minimum Gasteiger partial charge on any atom is -0.103 e. The summed E-state index contributed by atoms with van der Waals surface area (Å²) in [5.74, 6) is 0. The van der Waals surface area contributed by atoms with Gasteiger partial charge in [-0.25, -0.2) is 0 Å². The van der Waals surface area contributed by atoms with Gasteiger partial charge in [-0.2, -0.15) is 0 Å². The molecule has 0 N–H and O–H groups in total. The Labute approximate surface area is 148 Å². The van der Waals surface area contributed by atoms with Gasteiger partial charge in [0.05, 0.1) is 11.5 Å². The summed E-state index contributed by atoms with van der Waals surface area (Å²) in [7, 11) is -1.61. The summed E-state index contributed by atoms with van der Waals surface area (Å²) >= 11 is 0. The molecular formula is C23H28P+. The number of rotatable bonds is 8. The monoisotopic (exact) mass is 335 g/mol. The van der Waals surface area contributed by atoms with Gasteiger partial charge in [0.25, 0.3) is 0 Å². The first-order valence-corrected chi connectivity index (χ1v) is 10.7. The van der Waals surface area contributed by atoms with Crippen LogP contribution >= 0.6 is 7.26 Å². The Kier molecular flexibility index (Phi) is 7.22. The molecule has 24 heavy (non-hydrogen) atoms. The predicted molar refractivity (Wildman–Crippen MR) is 112 cm³/mol. The van der Waals surface area contributed by atoms with Gasteiger partial charge in [0.1, 0.15) is 17.9 Å². The van der Waals surface area contributed by atoms with Crippen molar-refractivity contribution in [2.45, 2.75) is 26.7 Å². The molecule has 0 saturated heterocycles. The zero-order chi connectivity index (χ0) is 17.3. The number of allylic oxidation sites excluding steroid dienone is 5. The topological polar surface area (TPSA) is 0 Å². The van der Waals surface area contributed by atoms with E-state index in [4.69, 9.17) is 0 Å². The van der Waals surface area contributed by atoms with E-state index in [0.717, 1.165) is 6.42 Å². The summed E-state index contributed by atoms with van der Waals surface area (Å²) in [5.41, 5.74) is 0. The maximum atomic E-state index is 3.84. The van der Waals surface area contributed by atoms with Crippen molar-refractivity contribution >= 4 is 17.9 Å². The predicted octanol–water partition coefficient (Wildman–Crippen LogP) is 6.10. The normalized spacial score (nSPS) is 12.5. The van der Waals surface area contributed by atoms with Crippen molar-refractivity contribution in [3.05, 3.63) is 96.9 Å². The average Bonchev–Trinajstić information content (AvgIpc) is 2.65. The molecule has 0 unspecified atom stereocenters. The van der Waals surface area contributed by atoms with Crippen molar-refractivity contribution < 1.29 is 0 Å². The SMILES string of the molecule is C=CC/C=C\C(=C/C)[P+](CCC)(c1ccccc1)c1ccccc1. The quantitative estimate of drug-likeness (QED) is 0.310. The van der Waals surface area contributed by atoms with Gasteiger partial charge in [-0.15, -0.1) is 6.58 Å². The van der Waals surface area contributed by atoms with Gasteiger partial charge in [0.15, 0.2) is 0 Å². The van der Waals surface area contributed by atoms with E-state index < -0.39 is 7.26 Å². The van der Waals surface area contributed by atoms with Crippen LogP contribution in [0.3, 0.4) is 0 Å². The Hall–Kier alpha value is -1.91. The molecule has 0 spiro atoms. The summed E-state index contributed by atoms with van der Waals surface area (Å²) in [5, 5.41) is 4.40. The van der Waals surface area contributed by atoms with E-state index in [2.05, 4.69) is 99.3 Å². The molecule has 0 heterocycles. The summed E-state index contributed by atoms with van der Waals surface area (Å²) in [6.07, 6.45) is 12.1. The highest BCUT2D eigenvalue weighted by Gasteiger charge is 2.44. The van der Waals surface area contributed by atoms with E-state index in [1.54, 1.807) is 0 Å². The lowest BCUT2D eigenvalue weighted by molar-refractivity contribution is 1.09. The lowest BCUT2D eigenvalue weighted by Crippen LogP contribution is -2.25. The number of hydrogen-bond donors (Lipinski definition) is 0. The Morgan fingerprint density at radius 1 is 0.958 bits per heavy atom. The van der Waals surface area contributed by atoms with Crippen LogP contribution < -0.4 is 10.6 Å². The molecule has 0 bridgehead atoms. The van der Waals surface area contributed by atoms with Crippen molar-refractivity contribution in [2.24, 2.45) is 0 Å². The van der Waals surface area contributed by atoms with E-state index in [-0.39, 0.29) is 0 Å². The maximum absolute atomic E-state index is 3.84. The van der Waals surface area contributed by atoms with Gasteiger partial charge in [0, 0.05) is 0 Å². The second-order valence-electron chi connectivity index (χ2n) is 5.84. The van der Waals surface area contributed by atoms with Crippen LogP contribution in [0.5, 0.6) is 0 Å². The lowest BCUT2D eigenvalue weighted by Gasteiger charge is -2.28. The van der Waals surface area contributed by atoms with E-state index in [1.807, 2.05) is 6.08 Å².